The number of ether oxygens (including phenoxy) is 1. The van der Waals surface area contributed by atoms with Crippen LogP contribution in [0.1, 0.15) is 5.56 Å². The Kier molecular flexibility index (Phi) is 4.81. The number of piperazine rings is 1. The SMILES string of the molecule is COc1cccc(CC(=O)N2CCN(C(=O)C3CNC3)CC2)c1. The van der Waals surface area contributed by atoms with Gasteiger partial charge in [0, 0.05) is 39.3 Å². The molecule has 2 saturated heterocycles. The third kappa shape index (κ3) is 3.64. The van der Waals surface area contributed by atoms with Gasteiger partial charge < -0.3 is 19.9 Å². The van der Waals surface area contributed by atoms with Gasteiger partial charge in [-0.2, -0.15) is 0 Å². The molecular weight excluding hydrogens is 294 g/mol. The second-order valence-corrected chi connectivity index (χ2v) is 6.09. The van der Waals surface area contributed by atoms with Crippen molar-refractivity contribution in [2.24, 2.45) is 5.92 Å². The highest BCUT2D eigenvalue weighted by Crippen LogP contribution is 2.15. The Morgan fingerprint density at radius 1 is 1.17 bits per heavy atom. The molecule has 23 heavy (non-hydrogen) atoms. The van der Waals surface area contributed by atoms with E-state index in [2.05, 4.69) is 5.32 Å². The van der Waals surface area contributed by atoms with E-state index in [0.717, 1.165) is 24.4 Å². The van der Waals surface area contributed by atoms with Gasteiger partial charge in [0.05, 0.1) is 19.4 Å². The maximum absolute atomic E-state index is 12.4. The lowest BCUT2D eigenvalue weighted by atomic mass is 10.0. The molecule has 2 amide bonds. The summed E-state index contributed by atoms with van der Waals surface area (Å²) >= 11 is 0. The van der Waals surface area contributed by atoms with Gasteiger partial charge in [0.2, 0.25) is 11.8 Å². The minimum Gasteiger partial charge on any atom is -0.497 e. The molecular formula is C17H23N3O3. The number of hydrogen-bond donors (Lipinski definition) is 1. The van der Waals surface area contributed by atoms with Crippen molar-refractivity contribution < 1.29 is 14.3 Å². The Labute approximate surface area is 136 Å². The number of nitrogens with zero attached hydrogens (tertiary/aromatic N) is 2. The average Bonchev–Trinajstić information content (AvgIpc) is 2.53. The molecule has 0 spiro atoms. The minimum atomic E-state index is 0.107. The van der Waals surface area contributed by atoms with Gasteiger partial charge in [0.25, 0.3) is 0 Å². The number of rotatable bonds is 4. The molecule has 124 valence electrons. The number of carbonyl (C=O) groups is 2. The van der Waals surface area contributed by atoms with Crippen LogP contribution in [0.25, 0.3) is 0 Å². The van der Waals surface area contributed by atoms with Crippen LogP contribution in [-0.4, -0.2) is 68.0 Å². The van der Waals surface area contributed by atoms with Crippen LogP contribution in [0.15, 0.2) is 24.3 Å². The molecule has 0 saturated carbocycles. The van der Waals surface area contributed by atoms with Crippen molar-refractivity contribution >= 4 is 11.8 Å². The summed E-state index contributed by atoms with van der Waals surface area (Å²) in [6, 6.07) is 7.59. The lowest BCUT2D eigenvalue weighted by Crippen LogP contribution is -2.57. The lowest BCUT2D eigenvalue weighted by molar-refractivity contribution is -0.143. The van der Waals surface area contributed by atoms with Crippen LogP contribution in [0.5, 0.6) is 5.75 Å². The van der Waals surface area contributed by atoms with Gasteiger partial charge in [-0.05, 0) is 17.7 Å². The molecule has 0 radical (unpaired) electrons. The fraction of sp³-hybridized carbons (Fsp3) is 0.529. The topological polar surface area (TPSA) is 61.9 Å². The Morgan fingerprint density at radius 3 is 2.48 bits per heavy atom. The van der Waals surface area contributed by atoms with E-state index in [-0.39, 0.29) is 17.7 Å². The van der Waals surface area contributed by atoms with E-state index in [1.54, 1.807) is 7.11 Å². The molecule has 0 atom stereocenters. The summed E-state index contributed by atoms with van der Waals surface area (Å²) in [6.45, 7) is 4.09. The van der Waals surface area contributed by atoms with Crippen LogP contribution in [-0.2, 0) is 16.0 Å². The molecule has 2 heterocycles. The van der Waals surface area contributed by atoms with E-state index in [4.69, 9.17) is 4.74 Å². The molecule has 6 heteroatoms. The van der Waals surface area contributed by atoms with Crippen LogP contribution < -0.4 is 10.1 Å². The molecule has 1 aromatic carbocycles. The van der Waals surface area contributed by atoms with Crippen molar-refractivity contribution in [3.05, 3.63) is 29.8 Å². The predicted octanol–water partition coefficient (Wildman–Crippen LogP) is 0.128. The van der Waals surface area contributed by atoms with Crippen LogP contribution in [0, 0.1) is 5.92 Å². The van der Waals surface area contributed by atoms with Gasteiger partial charge in [0.15, 0.2) is 0 Å². The lowest BCUT2D eigenvalue weighted by Gasteiger charge is -2.38. The molecule has 1 N–H and O–H groups in total. The van der Waals surface area contributed by atoms with Crippen LogP contribution in [0.4, 0.5) is 0 Å². The fourth-order valence-electron chi connectivity index (χ4n) is 2.97. The molecule has 1 aromatic rings. The normalized spacial score (nSPS) is 18.5. The summed E-state index contributed by atoms with van der Waals surface area (Å²) in [6.07, 6.45) is 0.373. The van der Waals surface area contributed by atoms with Crippen molar-refractivity contribution in [3.8, 4) is 5.75 Å². The monoisotopic (exact) mass is 317 g/mol. The Balaban J connectivity index is 1.50. The molecule has 0 unspecified atom stereocenters. The molecule has 6 nitrogen and oxygen atoms in total. The number of hydrogen-bond acceptors (Lipinski definition) is 4. The highest BCUT2D eigenvalue weighted by Gasteiger charge is 2.31. The second-order valence-electron chi connectivity index (χ2n) is 6.09. The van der Waals surface area contributed by atoms with Crippen molar-refractivity contribution in [3.63, 3.8) is 0 Å². The largest absolute Gasteiger partial charge is 0.497 e. The maximum Gasteiger partial charge on any atom is 0.228 e. The zero-order valence-electron chi connectivity index (χ0n) is 13.5. The van der Waals surface area contributed by atoms with Crippen molar-refractivity contribution in [2.75, 3.05) is 46.4 Å². The zero-order chi connectivity index (χ0) is 16.2. The van der Waals surface area contributed by atoms with Crippen LogP contribution >= 0.6 is 0 Å². The van der Waals surface area contributed by atoms with E-state index in [0.29, 0.717) is 32.6 Å². The Morgan fingerprint density at radius 2 is 1.87 bits per heavy atom. The predicted molar refractivity (Wildman–Crippen MR) is 86.2 cm³/mol. The third-order valence-corrected chi connectivity index (χ3v) is 4.56. The van der Waals surface area contributed by atoms with Gasteiger partial charge in [-0.15, -0.1) is 0 Å². The van der Waals surface area contributed by atoms with Crippen molar-refractivity contribution in [2.45, 2.75) is 6.42 Å². The summed E-state index contributed by atoms with van der Waals surface area (Å²) in [5.41, 5.74) is 0.952. The quantitative estimate of drug-likeness (QED) is 0.857. The summed E-state index contributed by atoms with van der Waals surface area (Å²) in [7, 11) is 1.62. The first kappa shape index (κ1) is 15.8. The van der Waals surface area contributed by atoms with Gasteiger partial charge in [-0.1, -0.05) is 12.1 Å². The first-order valence-electron chi connectivity index (χ1n) is 8.07. The molecule has 3 rings (SSSR count). The molecule has 0 aliphatic carbocycles. The number of amides is 2. The van der Waals surface area contributed by atoms with E-state index in [1.165, 1.54) is 0 Å². The van der Waals surface area contributed by atoms with Crippen molar-refractivity contribution in [1.29, 1.82) is 0 Å². The highest BCUT2D eigenvalue weighted by atomic mass is 16.5. The molecule has 0 bridgehead atoms. The number of methoxy groups -OCH3 is 1. The minimum absolute atomic E-state index is 0.107. The number of nitrogens with one attached hydrogen (secondary N) is 1. The Hall–Kier alpha value is -2.08. The Bertz CT molecular complexity index is 578. The number of benzene rings is 1. The van der Waals surface area contributed by atoms with Gasteiger partial charge in [0.1, 0.15) is 5.75 Å². The average molecular weight is 317 g/mol. The summed E-state index contributed by atoms with van der Waals surface area (Å²) in [4.78, 5) is 28.3. The van der Waals surface area contributed by atoms with E-state index in [1.807, 2.05) is 34.1 Å². The van der Waals surface area contributed by atoms with E-state index >= 15 is 0 Å². The fourth-order valence-corrected chi connectivity index (χ4v) is 2.97. The summed E-state index contributed by atoms with van der Waals surface area (Å²) in [5.74, 6) is 1.23. The summed E-state index contributed by atoms with van der Waals surface area (Å²) < 4.78 is 5.19. The van der Waals surface area contributed by atoms with E-state index in [9.17, 15) is 9.59 Å². The highest BCUT2D eigenvalue weighted by molar-refractivity contribution is 5.81. The van der Waals surface area contributed by atoms with E-state index < -0.39 is 0 Å². The van der Waals surface area contributed by atoms with Gasteiger partial charge in [-0.3, -0.25) is 9.59 Å². The molecule has 0 aromatic heterocycles. The third-order valence-electron chi connectivity index (χ3n) is 4.56. The molecule has 2 aliphatic rings. The second kappa shape index (κ2) is 7.00. The first-order chi connectivity index (χ1) is 11.2. The number of carbonyl (C=O) groups excluding carboxylic acids is 2. The molecule has 2 aliphatic heterocycles. The zero-order valence-corrected chi connectivity index (χ0v) is 13.5. The van der Waals surface area contributed by atoms with Crippen molar-refractivity contribution in [1.82, 2.24) is 15.1 Å². The first-order valence-corrected chi connectivity index (χ1v) is 8.07. The summed E-state index contributed by atoms with van der Waals surface area (Å²) in [5, 5.41) is 3.12. The smallest absolute Gasteiger partial charge is 0.228 e. The van der Waals surface area contributed by atoms with Gasteiger partial charge >= 0.3 is 0 Å². The van der Waals surface area contributed by atoms with Crippen LogP contribution in [0.2, 0.25) is 0 Å². The molecule has 2 fully saturated rings. The maximum atomic E-state index is 12.4. The van der Waals surface area contributed by atoms with Crippen LogP contribution in [0.3, 0.4) is 0 Å². The standard InChI is InChI=1S/C17H23N3O3/c1-23-15-4-2-3-13(9-15)10-16(21)19-5-7-20(8-6-19)17(22)14-11-18-12-14/h2-4,9,14,18H,5-8,10-12H2,1H3. The van der Waals surface area contributed by atoms with Gasteiger partial charge in [-0.25, -0.2) is 0 Å².